The summed E-state index contributed by atoms with van der Waals surface area (Å²) in [5, 5.41) is 0. The molecule has 0 N–H and O–H groups in total. The van der Waals surface area contributed by atoms with Crippen LogP contribution in [0.1, 0.15) is 34.6 Å². The van der Waals surface area contributed by atoms with Gasteiger partial charge in [-0.2, -0.15) is 0 Å². The first-order chi connectivity index (χ1) is 11.0. The maximum atomic E-state index is 12.1. The van der Waals surface area contributed by atoms with Crippen molar-refractivity contribution in [1.29, 1.82) is 0 Å². The number of benzene rings is 2. The number of esters is 2. The Morgan fingerprint density at radius 2 is 1.83 bits per heavy atom. The average Bonchev–Trinajstić information content (AvgIpc) is 3.32. The van der Waals surface area contributed by atoms with E-state index < -0.39 is 11.9 Å². The van der Waals surface area contributed by atoms with Crippen molar-refractivity contribution in [2.45, 2.75) is 32.6 Å². The van der Waals surface area contributed by atoms with Gasteiger partial charge in [0.05, 0.1) is 12.3 Å². The highest BCUT2D eigenvalue weighted by molar-refractivity contribution is 5.89. The summed E-state index contributed by atoms with van der Waals surface area (Å²) in [6.45, 7) is 3.93. The van der Waals surface area contributed by atoms with Gasteiger partial charge in [-0.15, -0.1) is 0 Å². The lowest BCUT2D eigenvalue weighted by Gasteiger charge is -2.07. The predicted octanol–water partition coefficient (Wildman–Crippen LogP) is 3.72. The number of ether oxygens (including phenoxy) is 1. The number of hydrogen-bond acceptors (Lipinski definition) is 3. The number of aryl methyl sites for hydroxylation is 2. The maximum absolute atomic E-state index is 12.1. The number of carbonyl (C=O) groups is 2. The molecule has 0 amide bonds. The molecule has 23 heavy (non-hydrogen) atoms. The van der Waals surface area contributed by atoms with Crippen molar-refractivity contribution in [3.05, 3.63) is 70.8 Å². The molecular weight excluding hydrogens is 288 g/mol. The van der Waals surface area contributed by atoms with Crippen LogP contribution in [0, 0.1) is 19.8 Å². The predicted molar refractivity (Wildman–Crippen MR) is 88.0 cm³/mol. The van der Waals surface area contributed by atoms with Gasteiger partial charge in [-0.1, -0.05) is 54.1 Å². The largest absolute Gasteiger partial charge is 0.393 e. The van der Waals surface area contributed by atoms with Gasteiger partial charge in [-0.3, -0.25) is 9.59 Å². The van der Waals surface area contributed by atoms with E-state index in [1.807, 2.05) is 62.4 Å². The third-order valence-corrected chi connectivity index (χ3v) is 4.37. The lowest BCUT2D eigenvalue weighted by Crippen LogP contribution is -2.17. The first kappa shape index (κ1) is 15.5. The summed E-state index contributed by atoms with van der Waals surface area (Å²) in [5.74, 6) is -0.853. The van der Waals surface area contributed by atoms with Crippen molar-refractivity contribution in [1.82, 2.24) is 0 Å². The van der Waals surface area contributed by atoms with Crippen molar-refractivity contribution in [3.63, 3.8) is 0 Å². The molecule has 2 aromatic carbocycles. The maximum Gasteiger partial charge on any atom is 0.317 e. The molecule has 3 rings (SSSR count). The number of rotatable bonds is 4. The molecule has 0 aromatic heterocycles. The van der Waals surface area contributed by atoms with E-state index in [-0.39, 0.29) is 18.3 Å². The number of carbonyl (C=O) groups excluding carboxylic acids is 2. The Labute approximate surface area is 136 Å². The summed E-state index contributed by atoms with van der Waals surface area (Å²) in [6, 6.07) is 15.8. The molecule has 0 saturated heterocycles. The van der Waals surface area contributed by atoms with Crippen molar-refractivity contribution >= 4 is 11.9 Å². The van der Waals surface area contributed by atoms with Gasteiger partial charge in [-0.25, -0.2) is 0 Å². The van der Waals surface area contributed by atoms with Gasteiger partial charge < -0.3 is 4.74 Å². The second-order valence-corrected chi connectivity index (χ2v) is 6.26. The zero-order chi connectivity index (χ0) is 16.4. The van der Waals surface area contributed by atoms with Gasteiger partial charge in [0.1, 0.15) is 0 Å². The summed E-state index contributed by atoms with van der Waals surface area (Å²) in [4.78, 5) is 24.1. The molecule has 1 aliphatic carbocycles. The molecule has 3 nitrogen and oxygen atoms in total. The molecule has 2 unspecified atom stereocenters. The van der Waals surface area contributed by atoms with Gasteiger partial charge in [0, 0.05) is 0 Å². The molecule has 3 heteroatoms. The topological polar surface area (TPSA) is 43.4 Å². The Hall–Kier alpha value is -2.42. The van der Waals surface area contributed by atoms with Crippen LogP contribution in [0.15, 0.2) is 48.5 Å². The summed E-state index contributed by atoms with van der Waals surface area (Å²) < 4.78 is 5.05. The highest BCUT2D eigenvalue weighted by Gasteiger charge is 2.45. The second-order valence-electron chi connectivity index (χ2n) is 6.26. The third kappa shape index (κ3) is 3.67. The number of hydrogen-bond donors (Lipinski definition) is 0. The van der Waals surface area contributed by atoms with Crippen molar-refractivity contribution in [2.24, 2.45) is 5.92 Å². The molecule has 0 spiro atoms. The van der Waals surface area contributed by atoms with E-state index in [1.54, 1.807) is 0 Å². The fourth-order valence-electron chi connectivity index (χ4n) is 2.89. The molecule has 0 radical (unpaired) electrons. The Balaban J connectivity index is 1.57. The van der Waals surface area contributed by atoms with E-state index >= 15 is 0 Å². The third-order valence-electron chi connectivity index (χ3n) is 4.37. The lowest BCUT2D eigenvalue weighted by atomic mass is 10.0. The minimum Gasteiger partial charge on any atom is -0.393 e. The monoisotopic (exact) mass is 308 g/mol. The fourth-order valence-corrected chi connectivity index (χ4v) is 2.89. The Bertz CT molecular complexity index is 734. The van der Waals surface area contributed by atoms with E-state index in [9.17, 15) is 9.59 Å². The van der Waals surface area contributed by atoms with E-state index in [0.717, 1.165) is 28.7 Å². The van der Waals surface area contributed by atoms with Gasteiger partial charge in [0.2, 0.25) is 0 Å². The van der Waals surface area contributed by atoms with E-state index in [1.165, 1.54) is 0 Å². The van der Waals surface area contributed by atoms with Crippen molar-refractivity contribution in [3.8, 4) is 0 Å². The zero-order valence-corrected chi connectivity index (χ0v) is 13.4. The highest BCUT2D eigenvalue weighted by Crippen LogP contribution is 2.48. The van der Waals surface area contributed by atoms with Crippen LogP contribution in [0.3, 0.4) is 0 Å². The van der Waals surface area contributed by atoms with Crippen LogP contribution in [0.5, 0.6) is 0 Å². The fraction of sp³-hybridized carbons (Fsp3) is 0.300. The first-order valence-corrected chi connectivity index (χ1v) is 7.90. The van der Waals surface area contributed by atoms with Crippen LogP contribution < -0.4 is 0 Å². The zero-order valence-electron chi connectivity index (χ0n) is 13.4. The lowest BCUT2D eigenvalue weighted by molar-refractivity contribution is -0.160. The first-order valence-electron chi connectivity index (χ1n) is 7.90. The van der Waals surface area contributed by atoms with E-state index in [0.29, 0.717) is 0 Å². The van der Waals surface area contributed by atoms with Crippen LogP contribution in [0.25, 0.3) is 0 Å². The van der Waals surface area contributed by atoms with Crippen LogP contribution in [-0.2, 0) is 20.7 Å². The highest BCUT2D eigenvalue weighted by atomic mass is 16.6. The SMILES string of the molecule is Cc1ccc(C)c(CC(=O)OC(=O)C2CC2c2ccccc2)c1. The van der Waals surface area contributed by atoms with Crippen LogP contribution in [0.4, 0.5) is 0 Å². The minimum atomic E-state index is -0.470. The summed E-state index contributed by atoms with van der Waals surface area (Å²) in [7, 11) is 0. The van der Waals surface area contributed by atoms with Crippen molar-refractivity contribution < 1.29 is 14.3 Å². The van der Waals surface area contributed by atoms with Crippen molar-refractivity contribution in [2.75, 3.05) is 0 Å². The molecule has 0 heterocycles. The molecule has 118 valence electrons. The van der Waals surface area contributed by atoms with Crippen LogP contribution >= 0.6 is 0 Å². The Morgan fingerprint density at radius 1 is 1.09 bits per heavy atom. The molecule has 0 aliphatic heterocycles. The van der Waals surface area contributed by atoms with E-state index in [4.69, 9.17) is 4.74 Å². The average molecular weight is 308 g/mol. The summed E-state index contributed by atoms with van der Waals surface area (Å²) in [6.07, 6.45) is 0.904. The minimum absolute atomic E-state index is 0.141. The molecular formula is C20H20O3. The van der Waals surface area contributed by atoms with Crippen LogP contribution in [-0.4, -0.2) is 11.9 Å². The summed E-state index contributed by atoms with van der Waals surface area (Å²) in [5.41, 5.74) is 4.18. The Kier molecular flexibility index (Phi) is 4.28. The molecule has 0 bridgehead atoms. The quantitative estimate of drug-likeness (QED) is 0.638. The molecule has 1 aliphatic rings. The smallest absolute Gasteiger partial charge is 0.317 e. The molecule has 1 fully saturated rings. The van der Waals surface area contributed by atoms with Crippen LogP contribution in [0.2, 0.25) is 0 Å². The van der Waals surface area contributed by atoms with Gasteiger partial charge in [0.25, 0.3) is 0 Å². The second kappa shape index (κ2) is 6.37. The normalized spacial score (nSPS) is 19.2. The Morgan fingerprint density at radius 3 is 2.57 bits per heavy atom. The molecule has 1 saturated carbocycles. The molecule has 2 aromatic rings. The van der Waals surface area contributed by atoms with E-state index in [2.05, 4.69) is 0 Å². The molecule has 2 atom stereocenters. The van der Waals surface area contributed by atoms with Gasteiger partial charge >= 0.3 is 11.9 Å². The standard InChI is InChI=1S/C20H20O3/c1-13-8-9-14(2)16(10-13)11-19(21)23-20(22)18-12-17(18)15-6-4-3-5-7-15/h3-10,17-18H,11-12H2,1-2H3. The van der Waals surface area contributed by atoms with Gasteiger partial charge in [-0.05, 0) is 42.9 Å². The summed E-state index contributed by atoms with van der Waals surface area (Å²) >= 11 is 0. The van der Waals surface area contributed by atoms with Gasteiger partial charge in [0.15, 0.2) is 0 Å².